The van der Waals surface area contributed by atoms with Gasteiger partial charge in [0.15, 0.2) is 5.15 Å². The van der Waals surface area contributed by atoms with Gasteiger partial charge in [-0.05, 0) is 62.2 Å². The lowest BCUT2D eigenvalue weighted by Gasteiger charge is -2.17. The summed E-state index contributed by atoms with van der Waals surface area (Å²) in [5.41, 5.74) is 3.23. The zero-order valence-corrected chi connectivity index (χ0v) is 18.3. The molecule has 5 nitrogen and oxygen atoms in total. The Kier molecular flexibility index (Phi) is 6.63. The van der Waals surface area contributed by atoms with Gasteiger partial charge in [0, 0.05) is 18.1 Å². The van der Waals surface area contributed by atoms with Crippen LogP contribution in [0.1, 0.15) is 37.7 Å². The van der Waals surface area contributed by atoms with Crippen LogP contribution in [-0.4, -0.2) is 28.6 Å². The molecule has 0 radical (unpaired) electrons. The molecule has 2 aromatic carbocycles. The number of H-pyrrole nitrogens is 1. The minimum Gasteiger partial charge on any atom is -0.497 e. The number of rotatable bonds is 6. The third-order valence-electron chi connectivity index (χ3n) is 4.26. The van der Waals surface area contributed by atoms with E-state index in [1.54, 1.807) is 13.2 Å². The molecule has 156 valence electrons. The molecule has 30 heavy (non-hydrogen) atoms. The van der Waals surface area contributed by atoms with Crippen molar-refractivity contribution in [3.8, 4) is 17.0 Å². The van der Waals surface area contributed by atoms with Gasteiger partial charge in [-0.2, -0.15) is 0 Å². The normalized spacial score (nSPS) is 11.6. The summed E-state index contributed by atoms with van der Waals surface area (Å²) in [5.74, 6) is 1.21. The summed E-state index contributed by atoms with van der Waals surface area (Å²) >= 11 is 6.33. The van der Waals surface area contributed by atoms with Crippen LogP contribution in [0.5, 0.6) is 5.75 Å². The number of ether oxygens (including phenoxy) is 2. The summed E-state index contributed by atoms with van der Waals surface area (Å²) in [4.78, 5) is 19.5. The number of carbonyl (C=O) groups is 1. The van der Waals surface area contributed by atoms with E-state index >= 15 is 0 Å². The van der Waals surface area contributed by atoms with E-state index in [2.05, 4.69) is 9.97 Å². The second-order valence-corrected chi connectivity index (χ2v) is 8.22. The van der Waals surface area contributed by atoms with Gasteiger partial charge in [0.1, 0.15) is 17.2 Å². The molecule has 0 bridgehead atoms. The van der Waals surface area contributed by atoms with Crippen molar-refractivity contribution in [3.63, 3.8) is 0 Å². The first-order chi connectivity index (χ1) is 14.2. The molecule has 1 heterocycles. The summed E-state index contributed by atoms with van der Waals surface area (Å²) in [6.45, 7) is 5.53. The highest BCUT2D eigenvalue weighted by Gasteiger charge is 2.14. The number of benzene rings is 2. The Morgan fingerprint density at radius 2 is 1.77 bits per heavy atom. The van der Waals surface area contributed by atoms with Crippen LogP contribution in [0.15, 0.2) is 54.6 Å². The SMILES string of the molecule is COc1ccc(-c2[nH]c(Cc3ccc(/C=C/C(=O)OC(C)(C)C)cc3)nc2Cl)cc1. The number of imidazole rings is 1. The molecule has 0 aliphatic heterocycles. The van der Waals surface area contributed by atoms with Gasteiger partial charge in [0.05, 0.1) is 12.8 Å². The molecule has 0 amide bonds. The number of esters is 1. The van der Waals surface area contributed by atoms with E-state index in [9.17, 15) is 4.79 Å². The van der Waals surface area contributed by atoms with E-state index < -0.39 is 5.60 Å². The summed E-state index contributed by atoms with van der Waals surface area (Å²) in [6, 6.07) is 15.5. The molecule has 1 N–H and O–H groups in total. The first-order valence-electron chi connectivity index (χ1n) is 9.62. The summed E-state index contributed by atoms with van der Waals surface area (Å²) < 4.78 is 10.5. The monoisotopic (exact) mass is 424 g/mol. The highest BCUT2D eigenvalue weighted by molar-refractivity contribution is 6.31. The summed E-state index contributed by atoms with van der Waals surface area (Å²) in [6.07, 6.45) is 3.79. The number of hydrogen-bond acceptors (Lipinski definition) is 4. The van der Waals surface area contributed by atoms with Gasteiger partial charge in [-0.25, -0.2) is 9.78 Å². The molecule has 3 rings (SSSR count). The van der Waals surface area contributed by atoms with Crippen LogP contribution in [0, 0.1) is 0 Å². The highest BCUT2D eigenvalue weighted by Crippen LogP contribution is 2.28. The predicted molar refractivity (Wildman–Crippen MR) is 120 cm³/mol. The second-order valence-electron chi connectivity index (χ2n) is 7.86. The van der Waals surface area contributed by atoms with Crippen molar-refractivity contribution >= 4 is 23.6 Å². The third-order valence-corrected chi connectivity index (χ3v) is 4.53. The third kappa shape index (κ3) is 5.97. The van der Waals surface area contributed by atoms with E-state index in [4.69, 9.17) is 21.1 Å². The van der Waals surface area contributed by atoms with Gasteiger partial charge >= 0.3 is 5.97 Å². The van der Waals surface area contributed by atoms with Crippen molar-refractivity contribution < 1.29 is 14.3 Å². The van der Waals surface area contributed by atoms with Gasteiger partial charge < -0.3 is 14.5 Å². The number of carbonyl (C=O) groups excluding carboxylic acids is 1. The maximum absolute atomic E-state index is 11.8. The maximum Gasteiger partial charge on any atom is 0.331 e. The molecule has 0 saturated carbocycles. The minimum absolute atomic E-state index is 0.358. The lowest BCUT2D eigenvalue weighted by molar-refractivity contribution is -0.148. The first-order valence-corrected chi connectivity index (χ1v) is 10.00. The fraction of sp³-hybridized carbons (Fsp3) is 0.250. The molecule has 0 saturated heterocycles. The van der Waals surface area contributed by atoms with Crippen LogP contribution < -0.4 is 4.74 Å². The lowest BCUT2D eigenvalue weighted by atomic mass is 10.1. The molecule has 1 aromatic heterocycles. The Morgan fingerprint density at radius 1 is 1.10 bits per heavy atom. The van der Waals surface area contributed by atoms with Crippen molar-refractivity contribution in [2.24, 2.45) is 0 Å². The zero-order chi connectivity index (χ0) is 21.7. The second kappa shape index (κ2) is 9.18. The Labute approximate surface area is 181 Å². The van der Waals surface area contributed by atoms with Crippen LogP contribution in [0.4, 0.5) is 0 Å². The Balaban J connectivity index is 1.66. The van der Waals surface area contributed by atoms with E-state index in [-0.39, 0.29) is 5.97 Å². The van der Waals surface area contributed by atoms with Crippen LogP contribution in [-0.2, 0) is 16.0 Å². The molecular weight excluding hydrogens is 400 g/mol. The van der Waals surface area contributed by atoms with Crippen LogP contribution in [0.3, 0.4) is 0 Å². The number of nitrogens with one attached hydrogen (secondary N) is 1. The fourth-order valence-corrected chi connectivity index (χ4v) is 3.13. The highest BCUT2D eigenvalue weighted by atomic mass is 35.5. The average molecular weight is 425 g/mol. The molecule has 0 atom stereocenters. The van der Waals surface area contributed by atoms with E-state index in [0.29, 0.717) is 11.6 Å². The Bertz CT molecular complexity index is 1030. The van der Waals surface area contributed by atoms with E-state index in [1.165, 1.54) is 6.08 Å². The quantitative estimate of drug-likeness (QED) is 0.408. The standard InChI is InChI=1S/C24H25ClN2O3/c1-24(2,3)30-21(28)14-9-16-5-7-17(8-6-16)15-20-26-22(23(25)27-20)18-10-12-19(29-4)13-11-18/h5-14H,15H2,1-4H3,(H,26,27)/b14-9+. The molecule has 0 aliphatic carbocycles. The Hall–Kier alpha value is -3.05. The van der Waals surface area contributed by atoms with Crippen LogP contribution >= 0.6 is 11.6 Å². The number of nitrogens with zero attached hydrogens (tertiary/aromatic N) is 1. The topological polar surface area (TPSA) is 64.2 Å². The predicted octanol–water partition coefficient (Wildman–Crippen LogP) is 5.68. The maximum atomic E-state index is 11.8. The van der Waals surface area contributed by atoms with Gasteiger partial charge in [-0.3, -0.25) is 0 Å². The van der Waals surface area contributed by atoms with Gasteiger partial charge in [-0.15, -0.1) is 0 Å². The van der Waals surface area contributed by atoms with Crippen molar-refractivity contribution in [1.29, 1.82) is 0 Å². The molecule has 6 heteroatoms. The average Bonchev–Trinajstić information content (AvgIpc) is 3.06. The summed E-state index contributed by atoms with van der Waals surface area (Å²) in [5, 5.41) is 0.437. The number of methoxy groups -OCH3 is 1. The summed E-state index contributed by atoms with van der Waals surface area (Å²) in [7, 11) is 1.63. The minimum atomic E-state index is -0.500. The zero-order valence-electron chi connectivity index (χ0n) is 17.5. The molecule has 0 fully saturated rings. The first kappa shape index (κ1) is 21.7. The lowest BCUT2D eigenvalue weighted by Crippen LogP contribution is -2.22. The van der Waals surface area contributed by atoms with E-state index in [1.807, 2.05) is 69.3 Å². The fourth-order valence-electron chi connectivity index (χ4n) is 2.87. The largest absolute Gasteiger partial charge is 0.497 e. The van der Waals surface area contributed by atoms with E-state index in [0.717, 1.165) is 34.0 Å². The van der Waals surface area contributed by atoms with Crippen molar-refractivity contribution in [3.05, 3.63) is 76.7 Å². The Morgan fingerprint density at radius 3 is 2.37 bits per heavy atom. The van der Waals surface area contributed by atoms with Gasteiger partial charge in [0.2, 0.25) is 0 Å². The van der Waals surface area contributed by atoms with Crippen LogP contribution in [0.25, 0.3) is 17.3 Å². The molecular formula is C24H25ClN2O3. The number of hydrogen-bond donors (Lipinski definition) is 1. The smallest absolute Gasteiger partial charge is 0.331 e. The van der Waals surface area contributed by atoms with Crippen molar-refractivity contribution in [1.82, 2.24) is 9.97 Å². The molecule has 0 spiro atoms. The van der Waals surface area contributed by atoms with Gasteiger partial charge in [-0.1, -0.05) is 35.9 Å². The number of aromatic nitrogens is 2. The number of halogens is 1. The number of aromatic amines is 1. The molecule has 0 aliphatic rings. The van der Waals surface area contributed by atoms with Crippen LogP contribution in [0.2, 0.25) is 5.15 Å². The van der Waals surface area contributed by atoms with Gasteiger partial charge in [0.25, 0.3) is 0 Å². The molecule has 0 unspecified atom stereocenters. The molecule has 3 aromatic rings. The van der Waals surface area contributed by atoms with Crippen molar-refractivity contribution in [2.45, 2.75) is 32.8 Å². The van der Waals surface area contributed by atoms with Crippen molar-refractivity contribution in [2.75, 3.05) is 7.11 Å².